The van der Waals surface area contributed by atoms with Crippen molar-refractivity contribution in [3.63, 3.8) is 0 Å². The van der Waals surface area contributed by atoms with Crippen LogP contribution in [0.2, 0.25) is 0 Å². The highest BCUT2D eigenvalue weighted by Crippen LogP contribution is 2.04. The maximum atomic E-state index is 5.52. The quantitative estimate of drug-likeness (QED) is 0.699. The van der Waals surface area contributed by atoms with Gasteiger partial charge < -0.3 is 10.1 Å². The van der Waals surface area contributed by atoms with E-state index in [9.17, 15) is 0 Å². The molecule has 2 heteroatoms. The van der Waals surface area contributed by atoms with Gasteiger partial charge in [-0.25, -0.2) is 0 Å². The van der Waals surface area contributed by atoms with E-state index in [-0.39, 0.29) is 0 Å². The Kier molecular flexibility index (Phi) is 5.27. The first kappa shape index (κ1) is 11.2. The molecule has 78 valence electrons. The minimum atomic E-state index is 0.726. The number of nitrogens with one attached hydrogen (secondary N) is 1. The van der Waals surface area contributed by atoms with E-state index in [2.05, 4.69) is 36.5 Å². The van der Waals surface area contributed by atoms with Gasteiger partial charge in [-0.1, -0.05) is 29.8 Å². The van der Waals surface area contributed by atoms with Crippen molar-refractivity contribution in [3.05, 3.63) is 35.4 Å². The summed E-state index contributed by atoms with van der Waals surface area (Å²) < 4.78 is 5.52. The lowest BCUT2D eigenvalue weighted by Gasteiger charge is -2.04. The molecule has 2 nitrogen and oxygen atoms in total. The molecule has 0 bridgehead atoms. The van der Waals surface area contributed by atoms with E-state index in [1.165, 1.54) is 11.1 Å². The van der Waals surface area contributed by atoms with Gasteiger partial charge in [0.1, 0.15) is 0 Å². The van der Waals surface area contributed by atoms with Gasteiger partial charge in [-0.15, -0.1) is 0 Å². The molecule has 0 fully saturated rings. The van der Waals surface area contributed by atoms with Crippen LogP contribution in [0, 0.1) is 6.92 Å². The fraction of sp³-hybridized carbons (Fsp3) is 0.500. The highest BCUT2D eigenvalue weighted by molar-refractivity contribution is 5.20. The Hall–Kier alpha value is -0.860. The van der Waals surface area contributed by atoms with E-state index in [0.717, 1.165) is 26.2 Å². The molecular formula is C12H19NO. The van der Waals surface area contributed by atoms with Gasteiger partial charge >= 0.3 is 0 Å². The number of hydrogen-bond donors (Lipinski definition) is 1. The van der Waals surface area contributed by atoms with Crippen molar-refractivity contribution in [1.29, 1.82) is 0 Å². The van der Waals surface area contributed by atoms with E-state index >= 15 is 0 Å². The average molecular weight is 193 g/mol. The molecule has 0 spiro atoms. The summed E-state index contributed by atoms with van der Waals surface area (Å²) in [6.45, 7) is 4.67. The second-order valence-electron chi connectivity index (χ2n) is 3.50. The Morgan fingerprint density at radius 2 is 1.93 bits per heavy atom. The lowest BCUT2D eigenvalue weighted by molar-refractivity contribution is 0.119. The highest BCUT2D eigenvalue weighted by atomic mass is 16.5. The minimum Gasteiger partial charge on any atom is -0.377 e. The summed E-state index contributed by atoms with van der Waals surface area (Å²) in [7, 11) is 1.96. The molecule has 0 saturated heterocycles. The van der Waals surface area contributed by atoms with Gasteiger partial charge in [0.15, 0.2) is 0 Å². The van der Waals surface area contributed by atoms with Gasteiger partial charge in [0.2, 0.25) is 0 Å². The summed E-state index contributed by atoms with van der Waals surface area (Å²) in [6.07, 6.45) is 1.07. The van der Waals surface area contributed by atoms with Crippen molar-refractivity contribution in [1.82, 2.24) is 5.32 Å². The highest BCUT2D eigenvalue weighted by Gasteiger charge is 1.92. The van der Waals surface area contributed by atoms with E-state index in [0.29, 0.717) is 0 Å². The molecule has 1 N–H and O–H groups in total. The Labute approximate surface area is 86.3 Å². The van der Waals surface area contributed by atoms with Crippen LogP contribution in [-0.2, 0) is 11.3 Å². The van der Waals surface area contributed by atoms with E-state index < -0.39 is 0 Å². The van der Waals surface area contributed by atoms with Gasteiger partial charge in [0.05, 0.1) is 6.61 Å². The normalized spacial score (nSPS) is 10.4. The molecule has 1 aromatic carbocycles. The Morgan fingerprint density at radius 3 is 2.57 bits per heavy atom. The van der Waals surface area contributed by atoms with Crippen LogP contribution >= 0.6 is 0 Å². The third-order valence-electron chi connectivity index (χ3n) is 2.10. The Balaban J connectivity index is 2.15. The fourth-order valence-electron chi connectivity index (χ4n) is 1.23. The first-order valence-electron chi connectivity index (χ1n) is 5.11. The van der Waals surface area contributed by atoms with Crippen LogP contribution < -0.4 is 5.32 Å². The zero-order valence-corrected chi connectivity index (χ0v) is 9.05. The average Bonchev–Trinajstić information content (AvgIpc) is 2.21. The van der Waals surface area contributed by atoms with Crippen LogP contribution in [-0.4, -0.2) is 20.2 Å². The van der Waals surface area contributed by atoms with Crippen molar-refractivity contribution >= 4 is 0 Å². The molecule has 0 aromatic heterocycles. The lowest BCUT2D eigenvalue weighted by Crippen LogP contribution is -2.10. The van der Waals surface area contributed by atoms with Crippen molar-refractivity contribution in [3.8, 4) is 0 Å². The van der Waals surface area contributed by atoms with Gasteiger partial charge in [-0.05, 0) is 32.5 Å². The second-order valence-corrected chi connectivity index (χ2v) is 3.50. The fourth-order valence-corrected chi connectivity index (χ4v) is 1.23. The first-order valence-corrected chi connectivity index (χ1v) is 5.11. The van der Waals surface area contributed by atoms with Crippen LogP contribution in [0.1, 0.15) is 17.5 Å². The smallest absolute Gasteiger partial charge is 0.0716 e. The monoisotopic (exact) mass is 193 g/mol. The molecule has 0 unspecified atom stereocenters. The van der Waals surface area contributed by atoms with E-state index in [1.807, 2.05) is 7.05 Å². The third kappa shape index (κ3) is 4.40. The number of hydrogen-bond acceptors (Lipinski definition) is 2. The third-order valence-corrected chi connectivity index (χ3v) is 2.10. The van der Waals surface area contributed by atoms with Gasteiger partial charge in [0, 0.05) is 6.61 Å². The van der Waals surface area contributed by atoms with Crippen molar-refractivity contribution in [2.24, 2.45) is 0 Å². The number of rotatable bonds is 6. The SMILES string of the molecule is CNCCCOCc1ccc(C)cc1. The number of benzene rings is 1. The molecule has 1 aromatic rings. The molecule has 0 aliphatic heterocycles. The van der Waals surface area contributed by atoms with Crippen LogP contribution in [0.15, 0.2) is 24.3 Å². The van der Waals surface area contributed by atoms with Crippen LogP contribution in [0.25, 0.3) is 0 Å². The zero-order chi connectivity index (χ0) is 10.2. The Bertz CT molecular complexity index is 243. The van der Waals surface area contributed by atoms with Gasteiger partial charge in [0.25, 0.3) is 0 Å². The number of ether oxygens (including phenoxy) is 1. The standard InChI is InChI=1S/C12H19NO/c1-11-4-6-12(7-5-11)10-14-9-3-8-13-2/h4-7,13H,3,8-10H2,1-2H3. The predicted molar refractivity (Wildman–Crippen MR) is 59.4 cm³/mol. The summed E-state index contributed by atoms with van der Waals surface area (Å²) >= 11 is 0. The molecular weight excluding hydrogens is 174 g/mol. The molecule has 0 saturated carbocycles. The Morgan fingerprint density at radius 1 is 1.21 bits per heavy atom. The summed E-state index contributed by atoms with van der Waals surface area (Å²) in [5.74, 6) is 0. The largest absolute Gasteiger partial charge is 0.377 e. The van der Waals surface area contributed by atoms with Crippen LogP contribution in [0.3, 0.4) is 0 Å². The van der Waals surface area contributed by atoms with Gasteiger partial charge in [-0.2, -0.15) is 0 Å². The zero-order valence-electron chi connectivity index (χ0n) is 9.05. The molecule has 0 atom stereocenters. The van der Waals surface area contributed by atoms with Crippen molar-refractivity contribution in [2.45, 2.75) is 20.0 Å². The summed E-state index contributed by atoms with van der Waals surface area (Å²) in [5.41, 5.74) is 2.55. The van der Waals surface area contributed by atoms with Crippen LogP contribution in [0.4, 0.5) is 0 Å². The lowest BCUT2D eigenvalue weighted by atomic mass is 10.2. The topological polar surface area (TPSA) is 21.3 Å². The van der Waals surface area contributed by atoms with Crippen molar-refractivity contribution < 1.29 is 4.74 Å². The minimum absolute atomic E-state index is 0.726. The summed E-state index contributed by atoms with van der Waals surface area (Å²) in [6, 6.07) is 8.47. The van der Waals surface area contributed by atoms with Gasteiger partial charge in [-0.3, -0.25) is 0 Å². The first-order chi connectivity index (χ1) is 6.83. The summed E-state index contributed by atoms with van der Waals surface area (Å²) in [5, 5.41) is 3.09. The molecule has 0 heterocycles. The molecule has 0 radical (unpaired) electrons. The maximum absolute atomic E-state index is 5.52. The molecule has 14 heavy (non-hydrogen) atoms. The van der Waals surface area contributed by atoms with E-state index in [1.54, 1.807) is 0 Å². The summed E-state index contributed by atoms with van der Waals surface area (Å²) in [4.78, 5) is 0. The molecule has 0 amide bonds. The second kappa shape index (κ2) is 6.57. The molecule has 1 rings (SSSR count). The van der Waals surface area contributed by atoms with E-state index in [4.69, 9.17) is 4.74 Å². The molecule has 0 aliphatic rings. The predicted octanol–water partition coefficient (Wildman–Crippen LogP) is 2.12. The molecule has 0 aliphatic carbocycles. The maximum Gasteiger partial charge on any atom is 0.0716 e. The number of aryl methyl sites for hydroxylation is 1. The van der Waals surface area contributed by atoms with Crippen molar-refractivity contribution in [2.75, 3.05) is 20.2 Å². The van der Waals surface area contributed by atoms with Crippen LogP contribution in [0.5, 0.6) is 0 Å².